The molecule has 0 aliphatic heterocycles. The molecule has 30 heavy (non-hydrogen) atoms. The summed E-state index contributed by atoms with van der Waals surface area (Å²) < 4.78 is 21.2. The van der Waals surface area contributed by atoms with E-state index in [4.69, 9.17) is 18.9 Å². The van der Waals surface area contributed by atoms with Gasteiger partial charge in [-0.15, -0.1) is 6.58 Å². The van der Waals surface area contributed by atoms with E-state index < -0.39 is 5.78 Å². The molecule has 0 atom stereocenters. The van der Waals surface area contributed by atoms with Crippen LogP contribution in [-0.2, 0) is 6.42 Å². The standard InChI is InChI=1S/C24H28O6/c1-15(2)7-10-17-20(28-4)14-22(30-6)23(24(17)26)18(25)11-8-16-9-12-19(27-3)21(13-16)29-5/h8-9,11-14,26H,1,7,10H2,2-6H3/b11-8+. The van der Waals surface area contributed by atoms with E-state index in [1.807, 2.05) is 6.92 Å². The van der Waals surface area contributed by atoms with Gasteiger partial charge in [-0.05, 0) is 43.5 Å². The highest BCUT2D eigenvalue weighted by Gasteiger charge is 2.23. The molecule has 0 bridgehead atoms. The third-order valence-electron chi connectivity index (χ3n) is 4.65. The first-order valence-electron chi connectivity index (χ1n) is 9.41. The van der Waals surface area contributed by atoms with Crippen LogP contribution in [0.3, 0.4) is 0 Å². The summed E-state index contributed by atoms with van der Waals surface area (Å²) in [6.07, 6.45) is 4.17. The van der Waals surface area contributed by atoms with Gasteiger partial charge in [0, 0.05) is 11.6 Å². The van der Waals surface area contributed by atoms with E-state index in [2.05, 4.69) is 6.58 Å². The Morgan fingerprint density at radius 3 is 2.17 bits per heavy atom. The van der Waals surface area contributed by atoms with Crippen LogP contribution < -0.4 is 18.9 Å². The van der Waals surface area contributed by atoms with Crippen LogP contribution in [0.25, 0.3) is 6.08 Å². The first-order chi connectivity index (χ1) is 14.4. The van der Waals surface area contributed by atoms with E-state index in [-0.39, 0.29) is 17.1 Å². The fourth-order valence-corrected chi connectivity index (χ4v) is 3.04. The third kappa shape index (κ3) is 5.14. The maximum atomic E-state index is 12.9. The summed E-state index contributed by atoms with van der Waals surface area (Å²) >= 11 is 0. The van der Waals surface area contributed by atoms with E-state index in [1.54, 1.807) is 44.6 Å². The van der Waals surface area contributed by atoms with Crippen LogP contribution in [0.2, 0.25) is 0 Å². The van der Waals surface area contributed by atoms with Gasteiger partial charge in [0.1, 0.15) is 22.8 Å². The number of ether oxygens (including phenoxy) is 4. The van der Waals surface area contributed by atoms with Gasteiger partial charge in [-0.3, -0.25) is 4.79 Å². The number of methoxy groups -OCH3 is 4. The number of benzene rings is 2. The average molecular weight is 412 g/mol. The first kappa shape index (κ1) is 22.9. The summed E-state index contributed by atoms with van der Waals surface area (Å²) in [6, 6.07) is 6.93. The number of hydrogen-bond donors (Lipinski definition) is 1. The van der Waals surface area contributed by atoms with Crippen LogP contribution in [0.1, 0.15) is 34.8 Å². The van der Waals surface area contributed by atoms with Crippen molar-refractivity contribution in [2.45, 2.75) is 19.8 Å². The van der Waals surface area contributed by atoms with Gasteiger partial charge < -0.3 is 24.1 Å². The molecule has 2 rings (SSSR count). The molecule has 6 heteroatoms. The topological polar surface area (TPSA) is 74.2 Å². The maximum Gasteiger partial charge on any atom is 0.193 e. The van der Waals surface area contributed by atoms with Crippen molar-refractivity contribution in [1.82, 2.24) is 0 Å². The highest BCUT2D eigenvalue weighted by atomic mass is 16.5. The summed E-state index contributed by atoms with van der Waals surface area (Å²) in [5.74, 6) is 1.32. The maximum absolute atomic E-state index is 12.9. The van der Waals surface area contributed by atoms with Crippen LogP contribution in [0.4, 0.5) is 0 Å². The molecule has 0 radical (unpaired) electrons. The average Bonchev–Trinajstić information content (AvgIpc) is 2.75. The lowest BCUT2D eigenvalue weighted by Gasteiger charge is -2.16. The number of phenolic OH excluding ortho intramolecular Hbond substituents is 1. The fraction of sp³-hybridized carbons (Fsp3) is 0.292. The minimum absolute atomic E-state index is 0.0896. The molecule has 2 aromatic rings. The van der Waals surface area contributed by atoms with Crippen molar-refractivity contribution < 1.29 is 28.8 Å². The zero-order valence-corrected chi connectivity index (χ0v) is 18.1. The van der Waals surface area contributed by atoms with Crippen LogP contribution in [0.5, 0.6) is 28.7 Å². The summed E-state index contributed by atoms with van der Waals surface area (Å²) in [5, 5.41) is 10.9. The number of allylic oxidation sites excluding steroid dienone is 2. The fourth-order valence-electron chi connectivity index (χ4n) is 3.04. The Balaban J connectivity index is 2.43. The smallest absolute Gasteiger partial charge is 0.193 e. The lowest BCUT2D eigenvalue weighted by molar-refractivity contribution is 0.104. The predicted octanol–water partition coefficient (Wildman–Crippen LogP) is 4.83. The van der Waals surface area contributed by atoms with Crippen LogP contribution >= 0.6 is 0 Å². The Kier molecular flexibility index (Phi) is 7.92. The van der Waals surface area contributed by atoms with Gasteiger partial charge in [0.15, 0.2) is 17.3 Å². The number of carbonyl (C=O) groups excluding carboxylic acids is 1. The minimum atomic E-state index is -0.390. The van der Waals surface area contributed by atoms with Crippen LogP contribution in [-0.4, -0.2) is 39.3 Å². The third-order valence-corrected chi connectivity index (χ3v) is 4.65. The Bertz CT molecular complexity index is 959. The molecule has 0 heterocycles. The second-order valence-corrected chi connectivity index (χ2v) is 6.75. The second-order valence-electron chi connectivity index (χ2n) is 6.75. The lowest BCUT2D eigenvalue weighted by Crippen LogP contribution is -2.04. The summed E-state index contributed by atoms with van der Waals surface area (Å²) in [7, 11) is 6.05. The normalized spacial score (nSPS) is 10.7. The van der Waals surface area contributed by atoms with E-state index in [9.17, 15) is 9.90 Å². The lowest BCUT2D eigenvalue weighted by atomic mass is 9.97. The molecule has 0 spiro atoms. The molecule has 0 fully saturated rings. The monoisotopic (exact) mass is 412 g/mol. The zero-order valence-electron chi connectivity index (χ0n) is 18.1. The van der Waals surface area contributed by atoms with Crippen molar-refractivity contribution in [1.29, 1.82) is 0 Å². The summed E-state index contributed by atoms with van der Waals surface area (Å²) in [4.78, 5) is 12.9. The van der Waals surface area contributed by atoms with Crippen molar-refractivity contribution in [3.05, 3.63) is 59.2 Å². The Hall–Kier alpha value is -3.41. The molecule has 0 saturated heterocycles. The zero-order chi connectivity index (χ0) is 22.3. The van der Waals surface area contributed by atoms with Crippen molar-refractivity contribution in [2.75, 3.05) is 28.4 Å². The van der Waals surface area contributed by atoms with Crippen LogP contribution in [0.15, 0.2) is 42.5 Å². The first-order valence-corrected chi connectivity index (χ1v) is 9.41. The van der Waals surface area contributed by atoms with Gasteiger partial charge >= 0.3 is 0 Å². The molecule has 160 valence electrons. The van der Waals surface area contributed by atoms with Crippen LogP contribution in [0, 0.1) is 0 Å². The number of rotatable bonds is 10. The number of hydrogen-bond acceptors (Lipinski definition) is 6. The van der Waals surface area contributed by atoms with E-state index in [0.29, 0.717) is 35.7 Å². The summed E-state index contributed by atoms with van der Waals surface area (Å²) in [5.41, 5.74) is 2.35. The molecule has 2 aromatic carbocycles. The molecular weight excluding hydrogens is 384 g/mol. The van der Waals surface area contributed by atoms with E-state index >= 15 is 0 Å². The number of carbonyl (C=O) groups is 1. The Labute approximate surface area is 177 Å². The molecule has 0 amide bonds. The molecule has 6 nitrogen and oxygen atoms in total. The Morgan fingerprint density at radius 2 is 1.60 bits per heavy atom. The van der Waals surface area contributed by atoms with E-state index in [1.165, 1.54) is 20.3 Å². The molecule has 0 aliphatic rings. The summed E-state index contributed by atoms with van der Waals surface area (Å²) in [6.45, 7) is 5.80. The van der Waals surface area contributed by atoms with Crippen molar-refractivity contribution in [3.8, 4) is 28.7 Å². The quantitative estimate of drug-likeness (QED) is 0.342. The minimum Gasteiger partial charge on any atom is -0.507 e. The van der Waals surface area contributed by atoms with Crippen molar-refractivity contribution >= 4 is 11.9 Å². The van der Waals surface area contributed by atoms with Gasteiger partial charge in [0.2, 0.25) is 0 Å². The van der Waals surface area contributed by atoms with Gasteiger partial charge in [0.05, 0.1) is 28.4 Å². The molecule has 0 saturated carbocycles. The highest BCUT2D eigenvalue weighted by molar-refractivity contribution is 6.11. The number of ketones is 1. The van der Waals surface area contributed by atoms with Gasteiger partial charge in [-0.2, -0.15) is 0 Å². The number of phenols is 1. The molecule has 0 unspecified atom stereocenters. The van der Waals surface area contributed by atoms with Crippen molar-refractivity contribution in [3.63, 3.8) is 0 Å². The number of aromatic hydroxyl groups is 1. The van der Waals surface area contributed by atoms with Gasteiger partial charge in [-0.1, -0.05) is 17.7 Å². The SMILES string of the molecule is C=C(C)CCc1c(OC)cc(OC)c(C(=O)/C=C/c2ccc(OC)c(OC)c2)c1O. The molecule has 0 aromatic heterocycles. The largest absolute Gasteiger partial charge is 0.507 e. The molecule has 1 N–H and O–H groups in total. The van der Waals surface area contributed by atoms with Gasteiger partial charge in [-0.25, -0.2) is 0 Å². The molecular formula is C24H28O6. The predicted molar refractivity (Wildman–Crippen MR) is 117 cm³/mol. The Morgan fingerprint density at radius 1 is 0.967 bits per heavy atom. The second kappa shape index (κ2) is 10.4. The van der Waals surface area contributed by atoms with E-state index in [0.717, 1.165) is 11.1 Å². The van der Waals surface area contributed by atoms with Crippen molar-refractivity contribution in [2.24, 2.45) is 0 Å². The molecule has 0 aliphatic carbocycles. The highest BCUT2D eigenvalue weighted by Crippen LogP contribution is 2.40. The van der Waals surface area contributed by atoms with Gasteiger partial charge in [0.25, 0.3) is 0 Å².